The van der Waals surface area contributed by atoms with Crippen molar-refractivity contribution in [1.82, 2.24) is 4.90 Å². The third-order valence-corrected chi connectivity index (χ3v) is 4.69. The van der Waals surface area contributed by atoms with E-state index in [0.717, 1.165) is 23.6 Å². The Morgan fingerprint density at radius 2 is 1.89 bits per heavy atom. The van der Waals surface area contributed by atoms with Crippen molar-refractivity contribution in [2.24, 2.45) is 5.73 Å². The molecular formula is C15H22BrN3. The molecular weight excluding hydrogens is 302 g/mol. The van der Waals surface area contributed by atoms with E-state index in [1.165, 1.54) is 37.2 Å². The van der Waals surface area contributed by atoms with Crippen molar-refractivity contribution in [2.45, 2.75) is 31.8 Å². The Kier molecular flexibility index (Phi) is 3.83. The van der Waals surface area contributed by atoms with Crippen LogP contribution in [0.25, 0.3) is 0 Å². The number of hydrogen-bond acceptors (Lipinski definition) is 3. The van der Waals surface area contributed by atoms with Gasteiger partial charge in [-0.25, -0.2) is 0 Å². The molecule has 1 unspecified atom stereocenters. The van der Waals surface area contributed by atoms with E-state index in [2.05, 4.69) is 50.9 Å². The molecule has 3 nitrogen and oxygen atoms in total. The maximum atomic E-state index is 6.12. The molecule has 1 heterocycles. The molecule has 0 aromatic heterocycles. The Morgan fingerprint density at radius 3 is 2.47 bits per heavy atom. The molecule has 1 saturated carbocycles. The van der Waals surface area contributed by atoms with Crippen LogP contribution in [0.15, 0.2) is 22.7 Å². The van der Waals surface area contributed by atoms with Gasteiger partial charge >= 0.3 is 0 Å². The predicted octanol–water partition coefficient (Wildman–Crippen LogP) is 2.75. The molecule has 1 atom stereocenters. The molecule has 1 aromatic carbocycles. The highest BCUT2D eigenvalue weighted by Gasteiger charge is 2.31. The second-order valence-corrected chi connectivity index (χ2v) is 6.66. The first-order chi connectivity index (χ1) is 9.15. The number of benzene rings is 1. The zero-order chi connectivity index (χ0) is 13.4. The van der Waals surface area contributed by atoms with Gasteiger partial charge < -0.3 is 10.6 Å². The van der Waals surface area contributed by atoms with Crippen LogP contribution in [-0.4, -0.2) is 37.1 Å². The predicted molar refractivity (Wildman–Crippen MR) is 83.6 cm³/mol. The summed E-state index contributed by atoms with van der Waals surface area (Å²) in [5.74, 6) is 0. The maximum Gasteiger partial charge on any atom is 0.0416 e. The zero-order valence-electron chi connectivity index (χ0n) is 11.5. The van der Waals surface area contributed by atoms with Crippen LogP contribution in [0.5, 0.6) is 0 Å². The summed E-state index contributed by atoms with van der Waals surface area (Å²) >= 11 is 3.54. The van der Waals surface area contributed by atoms with Crippen molar-refractivity contribution in [2.75, 3.05) is 31.1 Å². The second kappa shape index (κ2) is 5.43. The van der Waals surface area contributed by atoms with Crippen molar-refractivity contribution < 1.29 is 0 Å². The SMILES string of the molecule is CC(N)c1cc(Br)ccc1N1CCN(C2CC2)CC1. The minimum absolute atomic E-state index is 0.0777. The molecule has 0 spiro atoms. The number of hydrogen-bond donors (Lipinski definition) is 1. The molecule has 2 aliphatic rings. The molecule has 2 fully saturated rings. The van der Waals surface area contributed by atoms with Gasteiger partial charge in [-0.1, -0.05) is 15.9 Å². The van der Waals surface area contributed by atoms with Crippen LogP contribution in [0.3, 0.4) is 0 Å². The average Bonchev–Trinajstić information content (AvgIpc) is 3.23. The fourth-order valence-electron chi connectivity index (χ4n) is 2.95. The van der Waals surface area contributed by atoms with E-state index in [-0.39, 0.29) is 6.04 Å². The van der Waals surface area contributed by atoms with Crippen LogP contribution < -0.4 is 10.6 Å². The van der Waals surface area contributed by atoms with Gasteiger partial charge in [0.05, 0.1) is 0 Å². The minimum Gasteiger partial charge on any atom is -0.369 e. The monoisotopic (exact) mass is 323 g/mol. The molecule has 1 saturated heterocycles. The average molecular weight is 324 g/mol. The lowest BCUT2D eigenvalue weighted by atomic mass is 10.1. The van der Waals surface area contributed by atoms with Crippen LogP contribution in [0.4, 0.5) is 5.69 Å². The molecule has 1 aliphatic heterocycles. The highest BCUT2D eigenvalue weighted by molar-refractivity contribution is 9.10. The van der Waals surface area contributed by atoms with Crippen molar-refractivity contribution in [3.8, 4) is 0 Å². The third kappa shape index (κ3) is 2.96. The van der Waals surface area contributed by atoms with Crippen LogP contribution in [0.2, 0.25) is 0 Å². The van der Waals surface area contributed by atoms with E-state index >= 15 is 0 Å². The van der Waals surface area contributed by atoms with Gasteiger partial charge in [-0.15, -0.1) is 0 Å². The molecule has 104 valence electrons. The van der Waals surface area contributed by atoms with Crippen molar-refractivity contribution >= 4 is 21.6 Å². The van der Waals surface area contributed by atoms with Gasteiger partial charge in [0.1, 0.15) is 0 Å². The lowest BCUT2D eigenvalue weighted by Crippen LogP contribution is -2.47. The van der Waals surface area contributed by atoms with Crippen LogP contribution >= 0.6 is 15.9 Å². The van der Waals surface area contributed by atoms with Gasteiger partial charge in [0, 0.05) is 48.4 Å². The zero-order valence-corrected chi connectivity index (χ0v) is 13.1. The van der Waals surface area contributed by atoms with E-state index in [9.17, 15) is 0 Å². The van der Waals surface area contributed by atoms with Crippen molar-refractivity contribution in [3.05, 3.63) is 28.2 Å². The largest absolute Gasteiger partial charge is 0.369 e. The number of anilines is 1. The molecule has 0 radical (unpaired) electrons. The fourth-order valence-corrected chi connectivity index (χ4v) is 3.32. The topological polar surface area (TPSA) is 32.5 Å². The van der Waals surface area contributed by atoms with Crippen molar-refractivity contribution in [3.63, 3.8) is 0 Å². The maximum absolute atomic E-state index is 6.12. The molecule has 19 heavy (non-hydrogen) atoms. The van der Waals surface area contributed by atoms with Gasteiger partial charge in [-0.2, -0.15) is 0 Å². The smallest absolute Gasteiger partial charge is 0.0416 e. The summed E-state index contributed by atoms with van der Waals surface area (Å²) < 4.78 is 1.11. The van der Waals surface area contributed by atoms with Crippen LogP contribution in [-0.2, 0) is 0 Å². The van der Waals surface area contributed by atoms with Gasteiger partial charge in [0.15, 0.2) is 0 Å². The number of nitrogens with two attached hydrogens (primary N) is 1. The lowest BCUT2D eigenvalue weighted by molar-refractivity contribution is 0.248. The summed E-state index contributed by atoms with van der Waals surface area (Å²) in [6.07, 6.45) is 2.81. The van der Waals surface area contributed by atoms with Gasteiger partial charge in [0.2, 0.25) is 0 Å². The highest BCUT2D eigenvalue weighted by Crippen LogP contribution is 2.32. The van der Waals surface area contributed by atoms with E-state index in [4.69, 9.17) is 5.73 Å². The first-order valence-electron chi connectivity index (χ1n) is 7.19. The van der Waals surface area contributed by atoms with Crippen LogP contribution in [0, 0.1) is 0 Å². The van der Waals surface area contributed by atoms with E-state index < -0.39 is 0 Å². The molecule has 2 N–H and O–H groups in total. The number of piperazine rings is 1. The molecule has 4 heteroatoms. The van der Waals surface area contributed by atoms with E-state index in [0.29, 0.717) is 0 Å². The molecule has 1 aromatic rings. The third-order valence-electron chi connectivity index (χ3n) is 4.20. The Morgan fingerprint density at radius 1 is 1.21 bits per heavy atom. The Bertz CT molecular complexity index is 449. The first kappa shape index (κ1) is 13.4. The Labute approximate surface area is 123 Å². The molecule has 3 rings (SSSR count). The Balaban J connectivity index is 1.75. The number of nitrogens with zero attached hydrogens (tertiary/aromatic N) is 2. The van der Waals surface area contributed by atoms with E-state index in [1.807, 2.05) is 0 Å². The molecule has 0 amide bonds. The molecule has 0 bridgehead atoms. The summed E-state index contributed by atoms with van der Waals surface area (Å²) in [4.78, 5) is 5.13. The second-order valence-electron chi connectivity index (χ2n) is 5.75. The fraction of sp³-hybridized carbons (Fsp3) is 0.600. The summed E-state index contributed by atoms with van der Waals surface area (Å²) in [6.45, 7) is 6.69. The summed E-state index contributed by atoms with van der Waals surface area (Å²) in [6, 6.07) is 7.45. The normalized spacial score (nSPS) is 22.6. The van der Waals surface area contributed by atoms with Crippen LogP contribution in [0.1, 0.15) is 31.4 Å². The minimum atomic E-state index is 0.0777. The number of rotatable bonds is 3. The van der Waals surface area contributed by atoms with Gasteiger partial charge in [-0.05, 0) is 43.5 Å². The standard InChI is InChI=1S/C15H22BrN3/c1-11(17)14-10-12(16)2-5-15(14)19-8-6-18(7-9-19)13-3-4-13/h2,5,10-11,13H,3-4,6-9,17H2,1H3. The van der Waals surface area contributed by atoms with Crippen molar-refractivity contribution in [1.29, 1.82) is 0 Å². The van der Waals surface area contributed by atoms with Gasteiger partial charge in [-0.3, -0.25) is 4.90 Å². The van der Waals surface area contributed by atoms with E-state index in [1.54, 1.807) is 0 Å². The summed E-state index contributed by atoms with van der Waals surface area (Å²) in [5, 5.41) is 0. The summed E-state index contributed by atoms with van der Waals surface area (Å²) in [7, 11) is 0. The van der Waals surface area contributed by atoms with Gasteiger partial charge in [0.25, 0.3) is 0 Å². The number of halogens is 1. The Hall–Kier alpha value is -0.580. The highest BCUT2D eigenvalue weighted by atomic mass is 79.9. The first-order valence-corrected chi connectivity index (χ1v) is 7.98. The molecule has 1 aliphatic carbocycles. The lowest BCUT2D eigenvalue weighted by Gasteiger charge is -2.37. The quantitative estimate of drug-likeness (QED) is 0.928. The summed E-state index contributed by atoms with van der Waals surface area (Å²) in [5.41, 5.74) is 8.68.